The van der Waals surface area contributed by atoms with E-state index in [0.29, 0.717) is 15.8 Å². The van der Waals surface area contributed by atoms with Gasteiger partial charge < -0.3 is 20.5 Å². The third kappa shape index (κ3) is 5.29. The molecule has 3 rings (SSSR count). The summed E-state index contributed by atoms with van der Waals surface area (Å²) in [6.07, 6.45) is 6.59. The summed E-state index contributed by atoms with van der Waals surface area (Å²) in [4.78, 5) is 7.47. The van der Waals surface area contributed by atoms with Gasteiger partial charge in [0.05, 0.1) is 5.69 Å². The highest BCUT2D eigenvalue weighted by Crippen LogP contribution is 2.23. The zero-order valence-corrected chi connectivity index (χ0v) is 17.1. The monoisotopic (exact) mass is 400 g/mol. The van der Waals surface area contributed by atoms with Crippen LogP contribution in [0.25, 0.3) is 0 Å². The summed E-state index contributed by atoms with van der Waals surface area (Å²) in [5.41, 5.74) is 8.40. The van der Waals surface area contributed by atoms with Crippen molar-refractivity contribution >= 4 is 35.1 Å². The van der Waals surface area contributed by atoms with Crippen LogP contribution in [0.2, 0.25) is 0 Å². The fourth-order valence-electron chi connectivity index (χ4n) is 3.32. The maximum absolute atomic E-state index is 9.00. The van der Waals surface area contributed by atoms with E-state index in [0.717, 1.165) is 37.6 Å². The molecule has 27 heavy (non-hydrogen) atoms. The number of hydrogen-bond donors (Lipinski definition) is 2. The summed E-state index contributed by atoms with van der Waals surface area (Å²) in [6.45, 7) is 6.00. The van der Waals surface area contributed by atoms with E-state index in [1.807, 2.05) is 19.1 Å². The lowest BCUT2D eigenvalue weighted by Crippen LogP contribution is -2.22. The summed E-state index contributed by atoms with van der Waals surface area (Å²) in [5, 5.41) is 17.8. The predicted octanol–water partition coefficient (Wildman–Crippen LogP) is 3.38. The number of allylic oxidation sites excluding steroid dienone is 1. The molecule has 2 fully saturated rings. The van der Waals surface area contributed by atoms with Gasteiger partial charge in [-0.05, 0) is 38.7 Å². The number of nitrogens with two attached hydrogens (primary N) is 1. The molecule has 8 heteroatoms. The lowest BCUT2D eigenvalue weighted by Gasteiger charge is -2.19. The Hall–Kier alpha value is -2.42. The quantitative estimate of drug-likeness (QED) is 0.456. The van der Waals surface area contributed by atoms with Gasteiger partial charge in [0, 0.05) is 38.1 Å². The number of nitriles is 2. The second-order valence-corrected chi connectivity index (χ2v) is 7.35. The van der Waals surface area contributed by atoms with Gasteiger partial charge in [0.2, 0.25) is 0 Å². The van der Waals surface area contributed by atoms with Crippen molar-refractivity contribution in [2.75, 3.05) is 31.1 Å². The van der Waals surface area contributed by atoms with Crippen molar-refractivity contribution in [2.24, 2.45) is 5.73 Å². The Morgan fingerprint density at radius 3 is 2.26 bits per heavy atom. The molecular weight excluding hydrogens is 376 g/mol. The molecule has 0 amide bonds. The molecular formula is C19H24N6S2. The van der Waals surface area contributed by atoms with Crippen molar-refractivity contribution in [2.45, 2.75) is 32.6 Å². The van der Waals surface area contributed by atoms with Gasteiger partial charge in [-0.1, -0.05) is 24.4 Å². The van der Waals surface area contributed by atoms with Crippen LogP contribution < -0.4 is 10.6 Å². The fraction of sp³-hybridized carbons (Fsp3) is 0.474. The minimum atomic E-state index is 0.201. The molecule has 0 saturated carbocycles. The molecule has 1 aromatic rings. The molecule has 3 N–H and O–H groups in total. The molecule has 0 aromatic carbocycles. The molecule has 0 unspecified atom stereocenters. The highest BCUT2D eigenvalue weighted by atomic mass is 32.1. The molecule has 2 saturated heterocycles. The van der Waals surface area contributed by atoms with Gasteiger partial charge in [-0.15, -0.1) is 0 Å². The van der Waals surface area contributed by atoms with Crippen molar-refractivity contribution in [3.63, 3.8) is 0 Å². The van der Waals surface area contributed by atoms with E-state index >= 15 is 0 Å². The summed E-state index contributed by atoms with van der Waals surface area (Å²) >= 11 is 9.87. The number of nitrogens with zero attached hydrogens (tertiary/aromatic N) is 4. The van der Waals surface area contributed by atoms with Crippen LogP contribution in [0.15, 0.2) is 23.5 Å². The van der Waals surface area contributed by atoms with Crippen molar-refractivity contribution in [1.82, 2.24) is 9.88 Å². The van der Waals surface area contributed by atoms with Crippen LogP contribution in [0.4, 0.5) is 5.69 Å². The fourth-order valence-corrected chi connectivity index (χ4v) is 3.73. The smallest absolute Gasteiger partial charge is 0.123 e. The Bertz CT molecular complexity index is 846. The topological polar surface area (TPSA) is 95.9 Å². The van der Waals surface area contributed by atoms with Gasteiger partial charge in [0.15, 0.2) is 0 Å². The van der Waals surface area contributed by atoms with Crippen LogP contribution in [-0.4, -0.2) is 41.1 Å². The van der Waals surface area contributed by atoms with Gasteiger partial charge in [0.1, 0.15) is 32.9 Å². The van der Waals surface area contributed by atoms with Gasteiger partial charge in [-0.2, -0.15) is 10.5 Å². The Morgan fingerprint density at radius 2 is 1.74 bits per heavy atom. The molecule has 2 aliphatic rings. The molecule has 0 bridgehead atoms. The summed E-state index contributed by atoms with van der Waals surface area (Å²) in [6, 6.07) is 6.14. The lowest BCUT2D eigenvalue weighted by molar-refractivity contribution is 0.426. The van der Waals surface area contributed by atoms with Gasteiger partial charge in [0.25, 0.3) is 0 Å². The van der Waals surface area contributed by atoms with E-state index in [9.17, 15) is 0 Å². The zero-order chi connectivity index (χ0) is 19.8. The number of likely N-dealkylation sites (tertiary alicyclic amines) is 1. The SMILES string of the molecule is C/C(=C(\C#N)C(N)=S)N1CCCC1.N#Cc1c(N2CCCC2)cc[nH]c1=S. The summed E-state index contributed by atoms with van der Waals surface area (Å²) < 4.78 is 0.539. The van der Waals surface area contributed by atoms with E-state index < -0.39 is 0 Å². The lowest BCUT2D eigenvalue weighted by atomic mass is 10.2. The molecule has 0 atom stereocenters. The third-order valence-corrected chi connectivity index (χ3v) is 5.32. The van der Waals surface area contributed by atoms with Gasteiger partial charge >= 0.3 is 0 Å². The highest BCUT2D eigenvalue weighted by molar-refractivity contribution is 7.80. The average Bonchev–Trinajstić information content (AvgIpc) is 3.36. The molecule has 0 aliphatic carbocycles. The first-order valence-electron chi connectivity index (χ1n) is 9.02. The standard InChI is InChI=1S/C10H11N3S.C9H13N3S/c11-7-8-9(3-4-12-10(8)14)13-5-1-2-6-13;1-7(8(6-10)9(11)13)12-4-2-3-5-12/h3-4H,1-2,5-6H2,(H,12,14);2-5H2,1H3,(H2,11,13)/b;8-7-. The van der Waals surface area contributed by atoms with E-state index in [-0.39, 0.29) is 4.99 Å². The molecule has 0 radical (unpaired) electrons. The number of aromatic nitrogens is 1. The Balaban J connectivity index is 0.000000194. The first kappa shape index (κ1) is 20.9. The summed E-state index contributed by atoms with van der Waals surface area (Å²) in [7, 11) is 0. The number of nitrogens with one attached hydrogen (secondary N) is 1. The maximum Gasteiger partial charge on any atom is 0.123 e. The van der Waals surface area contributed by atoms with E-state index in [2.05, 4.69) is 20.9 Å². The number of hydrogen-bond acceptors (Lipinski definition) is 6. The average molecular weight is 401 g/mol. The van der Waals surface area contributed by atoms with Crippen LogP contribution in [0.3, 0.4) is 0 Å². The second kappa shape index (κ2) is 10.1. The van der Waals surface area contributed by atoms with Crippen LogP contribution in [0.5, 0.6) is 0 Å². The molecule has 2 aliphatic heterocycles. The first-order chi connectivity index (χ1) is 13.0. The predicted molar refractivity (Wildman–Crippen MR) is 114 cm³/mol. The van der Waals surface area contributed by atoms with E-state index in [4.69, 9.17) is 40.7 Å². The molecule has 1 aromatic heterocycles. The van der Waals surface area contributed by atoms with Crippen LogP contribution in [0.1, 0.15) is 38.2 Å². The Morgan fingerprint density at radius 1 is 1.15 bits per heavy atom. The normalized spacial score (nSPS) is 16.7. The number of rotatable bonds is 3. The van der Waals surface area contributed by atoms with Crippen LogP contribution in [0, 0.1) is 27.3 Å². The number of anilines is 1. The zero-order valence-electron chi connectivity index (χ0n) is 15.5. The Kier molecular flexibility index (Phi) is 7.78. The minimum Gasteiger partial charge on any atom is -0.389 e. The third-order valence-electron chi connectivity index (χ3n) is 4.80. The molecule has 3 heterocycles. The largest absolute Gasteiger partial charge is 0.389 e. The van der Waals surface area contributed by atoms with Crippen molar-refractivity contribution in [3.8, 4) is 12.1 Å². The second-order valence-electron chi connectivity index (χ2n) is 6.50. The van der Waals surface area contributed by atoms with Crippen molar-refractivity contribution < 1.29 is 0 Å². The molecule has 6 nitrogen and oxygen atoms in total. The number of aromatic amines is 1. The summed E-state index contributed by atoms with van der Waals surface area (Å²) in [5.74, 6) is 0. The highest BCUT2D eigenvalue weighted by Gasteiger charge is 2.17. The number of thiocarbonyl (C=S) groups is 1. The van der Waals surface area contributed by atoms with Crippen LogP contribution >= 0.6 is 24.4 Å². The maximum atomic E-state index is 9.00. The van der Waals surface area contributed by atoms with Gasteiger partial charge in [-0.3, -0.25) is 0 Å². The Labute approximate surface area is 170 Å². The number of pyridine rings is 1. The minimum absolute atomic E-state index is 0.201. The first-order valence-corrected chi connectivity index (χ1v) is 9.83. The van der Waals surface area contributed by atoms with Gasteiger partial charge in [-0.25, -0.2) is 0 Å². The van der Waals surface area contributed by atoms with Crippen molar-refractivity contribution in [1.29, 1.82) is 10.5 Å². The molecule has 0 spiro atoms. The van der Waals surface area contributed by atoms with Crippen LogP contribution in [-0.2, 0) is 0 Å². The van der Waals surface area contributed by atoms with E-state index in [1.165, 1.54) is 25.7 Å². The van der Waals surface area contributed by atoms with E-state index in [1.54, 1.807) is 6.20 Å². The van der Waals surface area contributed by atoms with Crippen molar-refractivity contribution in [3.05, 3.63) is 33.7 Å². The molecule has 142 valence electrons. The number of H-pyrrole nitrogens is 1.